The van der Waals surface area contributed by atoms with E-state index in [0.29, 0.717) is 0 Å². The number of pyridine rings is 1. The quantitative estimate of drug-likeness (QED) is 0.831. The first-order chi connectivity index (χ1) is 7.60. The Morgan fingerprint density at radius 2 is 1.69 bits per heavy atom. The van der Waals surface area contributed by atoms with Crippen LogP contribution < -0.4 is 5.73 Å². The second-order valence-corrected chi connectivity index (χ2v) is 4.26. The van der Waals surface area contributed by atoms with Gasteiger partial charge in [0, 0.05) is 11.9 Å². The van der Waals surface area contributed by atoms with Crippen molar-refractivity contribution >= 4 is 0 Å². The molecule has 0 spiro atoms. The van der Waals surface area contributed by atoms with Crippen molar-refractivity contribution in [3.63, 3.8) is 0 Å². The monoisotopic (exact) mass is 212 g/mol. The van der Waals surface area contributed by atoms with Crippen molar-refractivity contribution in [1.29, 1.82) is 0 Å². The van der Waals surface area contributed by atoms with Crippen LogP contribution in [0.25, 0.3) is 0 Å². The van der Waals surface area contributed by atoms with E-state index >= 15 is 0 Å². The second-order valence-electron chi connectivity index (χ2n) is 4.26. The van der Waals surface area contributed by atoms with Crippen LogP contribution in [0.3, 0.4) is 0 Å². The highest BCUT2D eigenvalue weighted by atomic mass is 14.8. The average molecular weight is 212 g/mol. The van der Waals surface area contributed by atoms with Crippen LogP contribution in [-0.2, 0) is 5.54 Å². The fourth-order valence-corrected chi connectivity index (χ4v) is 1.73. The molecule has 0 aliphatic rings. The molecule has 0 aliphatic heterocycles. The number of aromatic nitrogens is 1. The topological polar surface area (TPSA) is 38.9 Å². The van der Waals surface area contributed by atoms with E-state index in [1.807, 2.05) is 62.5 Å². The maximum absolute atomic E-state index is 6.37. The molecule has 0 fully saturated rings. The molecule has 0 radical (unpaired) electrons. The van der Waals surface area contributed by atoms with Crippen LogP contribution in [0.15, 0.2) is 48.7 Å². The summed E-state index contributed by atoms with van der Waals surface area (Å²) in [6.07, 6.45) is 1.85. The van der Waals surface area contributed by atoms with Crippen molar-refractivity contribution in [2.24, 2.45) is 5.73 Å². The van der Waals surface area contributed by atoms with Crippen LogP contribution in [0, 0.1) is 6.92 Å². The number of rotatable bonds is 2. The zero-order valence-corrected chi connectivity index (χ0v) is 9.64. The van der Waals surface area contributed by atoms with Gasteiger partial charge in [0.05, 0.1) is 5.54 Å². The first-order valence-corrected chi connectivity index (χ1v) is 5.38. The molecular weight excluding hydrogens is 196 g/mol. The van der Waals surface area contributed by atoms with Crippen molar-refractivity contribution in [1.82, 2.24) is 4.98 Å². The van der Waals surface area contributed by atoms with Crippen LogP contribution in [0.1, 0.15) is 23.7 Å². The molecule has 1 aromatic heterocycles. The van der Waals surface area contributed by atoms with Gasteiger partial charge < -0.3 is 5.73 Å². The van der Waals surface area contributed by atoms with Gasteiger partial charge in [-0.1, -0.05) is 36.4 Å². The molecule has 1 aromatic carbocycles. The molecule has 0 aliphatic carbocycles. The lowest BCUT2D eigenvalue weighted by atomic mass is 9.87. The third-order valence-corrected chi connectivity index (χ3v) is 2.88. The highest BCUT2D eigenvalue weighted by Crippen LogP contribution is 2.25. The lowest BCUT2D eigenvalue weighted by Crippen LogP contribution is -2.34. The first kappa shape index (κ1) is 10.8. The summed E-state index contributed by atoms with van der Waals surface area (Å²) in [7, 11) is 0. The normalized spacial score (nSPS) is 14.4. The molecule has 2 rings (SSSR count). The molecule has 0 bridgehead atoms. The van der Waals surface area contributed by atoms with Gasteiger partial charge in [-0.05, 0) is 31.0 Å². The van der Waals surface area contributed by atoms with Crippen LogP contribution in [-0.4, -0.2) is 4.98 Å². The van der Waals surface area contributed by atoms with Gasteiger partial charge in [0.25, 0.3) is 0 Å². The smallest absolute Gasteiger partial charge is 0.0652 e. The van der Waals surface area contributed by atoms with E-state index in [1.165, 1.54) is 0 Å². The Morgan fingerprint density at radius 1 is 1.00 bits per heavy atom. The summed E-state index contributed by atoms with van der Waals surface area (Å²) in [6, 6.07) is 14.1. The van der Waals surface area contributed by atoms with Gasteiger partial charge in [-0.15, -0.1) is 0 Å². The molecule has 2 aromatic rings. The predicted octanol–water partition coefficient (Wildman–Crippen LogP) is 2.61. The van der Waals surface area contributed by atoms with E-state index in [1.54, 1.807) is 0 Å². The Morgan fingerprint density at radius 3 is 2.25 bits per heavy atom. The molecule has 16 heavy (non-hydrogen) atoms. The second kappa shape index (κ2) is 4.06. The fraction of sp³-hybridized carbons (Fsp3) is 0.214. The van der Waals surface area contributed by atoms with Gasteiger partial charge in [0.15, 0.2) is 0 Å². The SMILES string of the molecule is Cc1ccc(C(C)(N)c2ccccc2)cn1. The summed E-state index contributed by atoms with van der Waals surface area (Å²) in [4.78, 5) is 4.29. The maximum Gasteiger partial charge on any atom is 0.0652 e. The summed E-state index contributed by atoms with van der Waals surface area (Å²) in [6.45, 7) is 3.98. The van der Waals surface area contributed by atoms with Crippen LogP contribution in [0.4, 0.5) is 0 Å². The Labute approximate surface area is 96.1 Å². The minimum Gasteiger partial charge on any atom is -0.318 e. The Kier molecular flexibility index (Phi) is 2.75. The van der Waals surface area contributed by atoms with Crippen LogP contribution in [0.2, 0.25) is 0 Å². The number of hydrogen-bond acceptors (Lipinski definition) is 2. The number of nitrogens with zero attached hydrogens (tertiary/aromatic N) is 1. The molecule has 0 amide bonds. The van der Waals surface area contributed by atoms with Gasteiger partial charge in [-0.25, -0.2) is 0 Å². The average Bonchev–Trinajstić information content (AvgIpc) is 2.31. The number of aryl methyl sites for hydroxylation is 1. The van der Waals surface area contributed by atoms with Crippen molar-refractivity contribution in [2.45, 2.75) is 19.4 Å². The minimum absolute atomic E-state index is 0.484. The number of hydrogen-bond donors (Lipinski definition) is 1. The van der Waals surface area contributed by atoms with Crippen LogP contribution in [0.5, 0.6) is 0 Å². The van der Waals surface area contributed by atoms with Gasteiger partial charge in [-0.2, -0.15) is 0 Å². The number of benzene rings is 1. The Hall–Kier alpha value is -1.67. The lowest BCUT2D eigenvalue weighted by Gasteiger charge is -2.25. The minimum atomic E-state index is -0.484. The number of nitrogens with two attached hydrogens (primary N) is 1. The Balaban J connectivity index is 2.43. The van der Waals surface area contributed by atoms with Gasteiger partial charge in [-0.3, -0.25) is 4.98 Å². The van der Waals surface area contributed by atoms with Crippen molar-refractivity contribution in [3.05, 3.63) is 65.5 Å². The Bertz CT molecular complexity index is 458. The summed E-state index contributed by atoms with van der Waals surface area (Å²) in [5.41, 5.74) is 9.02. The standard InChI is InChI=1S/C14H16N2/c1-11-8-9-13(10-16-11)14(2,15)12-6-4-3-5-7-12/h3-10H,15H2,1-2H3. The van der Waals surface area contributed by atoms with Crippen LogP contribution >= 0.6 is 0 Å². The highest BCUT2D eigenvalue weighted by Gasteiger charge is 2.23. The highest BCUT2D eigenvalue weighted by molar-refractivity contribution is 5.35. The lowest BCUT2D eigenvalue weighted by molar-refractivity contribution is 0.600. The molecule has 0 saturated carbocycles. The van der Waals surface area contributed by atoms with Crippen molar-refractivity contribution < 1.29 is 0 Å². The van der Waals surface area contributed by atoms with E-state index in [4.69, 9.17) is 5.73 Å². The molecule has 82 valence electrons. The molecular formula is C14H16N2. The van der Waals surface area contributed by atoms with E-state index in [-0.39, 0.29) is 0 Å². The first-order valence-electron chi connectivity index (χ1n) is 5.38. The maximum atomic E-state index is 6.37. The summed E-state index contributed by atoms with van der Waals surface area (Å²) in [5, 5.41) is 0. The van der Waals surface area contributed by atoms with Crippen molar-refractivity contribution in [2.75, 3.05) is 0 Å². The van der Waals surface area contributed by atoms with E-state index in [9.17, 15) is 0 Å². The molecule has 2 nitrogen and oxygen atoms in total. The third-order valence-electron chi connectivity index (χ3n) is 2.88. The van der Waals surface area contributed by atoms with E-state index in [2.05, 4.69) is 4.98 Å². The predicted molar refractivity (Wildman–Crippen MR) is 66.1 cm³/mol. The summed E-state index contributed by atoms with van der Waals surface area (Å²) in [5.74, 6) is 0. The molecule has 1 unspecified atom stereocenters. The van der Waals surface area contributed by atoms with Gasteiger partial charge in [0.1, 0.15) is 0 Å². The van der Waals surface area contributed by atoms with Gasteiger partial charge in [0.2, 0.25) is 0 Å². The molecule has 2 heteroatoms. The molecule has 1 heterocycles. The van der Waals surface area contributed by atoms with Gasteiger partial charge >= 0.3 is 0 Å². The summed E-state index contributed by atoms with van der Waals surface area (Å²) >= 11 is 0. The van der Waals surface area contributed by atoms with E-state index in [0.717, 1.165) is 16.8 Å². The zero-order chi connectivity index (χ0) is 11.6. The zero-order valence-electron chi connectivity index (χ0n) is 9.64. The molecule has 2 N–H and O–H groups in total. The van der Waals surface area contributed by atoms with Crippen molar-refractivity contribution in [3.8, 4) is 0 Å². The largest absolute Gasteiger partial charge is 0.318 e. The molecule has 0 saturated heterocycles. The van der Waals surface area contributed by atoms with E-state index < -0.39 is 5.54 Å². The fourth-order valence-electron chi connectivity index (χ4n) is 1.73. The summed E-state index contributed by atoms with van der Waals surface area (Å²) < 4.78 is 0. The molecule has 1 atom stereocenters. The third kappa shape index (κ3) is 1.97.